The molecule has 1 N–H and O–H groups in total. The maximum Gasteiger partial charge on any atom is 0.235 e. The molecule has 21 heavy (non-hydrogen) atoms. The Morgan fingerprint density at radius 2 is 2.29 bits per heavy atom. The first-order valence-corrected chi connectivity index (χ1v) is 8.41. The molecule has 0 unspecified atom stereocenters. The van der Waals surface area contributed by atoms with Crippen LogP contribution < -0.4 is 5.32 Å². The van der Waals surface area contributed by atoms with Gasteiger partial charge in [-0.25, -0.2) is 0 Å². The normalized spacial score (nSPS) is 25.3. The van der Waals surface area contributed by atoms with E-state index in [2.05, 4.69) is 10.4 Å². The molecule has 2 amide bonds. The minimum atomic E-state index is -0.123. The van der Waals surface area contributed by atoms with Crippen LogP contribution in [0.5, 0.6) is 0 Å². The molecule has 1 aromatic heterocycles. The molecule has 2 saturated heterocycles. The Kier molecular flexibility index (Phi) is 4.19. The highest BCUT2D eigenvalue weighted by Crippen LogP contribution is 2.30. The van der Waals surface area contributed by atoms with Crippen LogP contribution in [0.4, 0.5) is 5.82 Å². The fourth-order valence-electron chi connectivity index (χ4n) is 2.92. The van der Waals surface area contributed by atoms with E-state index < -0.39 is 0 Å². The van der Waals surface area contributed by atoms with Crippen LogP contribution in [0.15, 0.2) is 12.3 Å². The first kappa shape index (κ1) is 14.4. The summed E-state index contributed by atoms with van der Waals surface area (Å²) in [6.07, 6.45) is 4.95. The van der Waals surface area contributed by atoms with Crippen molar-refractivity contribution in [3.8, 4) is 0 Å². The van der Waals surface area contributed by atoms with E-state index in [0.717, 1.165) is 38.1 Å². The van der Waals surface area contributed by atoms with E-state index in [4.69, 9.17) is 0 Å². The first-order chi connectivity index (χ1) is 10.1. The van der Waals surface area contributed by atoms with Crippen LogP contribution in [0, 0.1) is 0 Å². The zero-order valence-electron chi connectivity index (χ0n) is 12.1. The number of amides is 2. The van der Waals surface area contributed by atoms with Crippen molar-refractivity contribution in [2.24, 2.45) is 0 Å². The van der Waals surface area contributed by atoms with E-state index in [0.29, 0.717) is 5.82 Å². The number of likely N-dealkylation sites (tertiary alicyclic amines) is 1. The number of hydrogen-bond donors (Lipinski definition) is 1. The van der Waals surface area contributed by atoms with Gasteiger partial charge in [0.1, 0.15) is 0 Å². The molecular weight excluding hydrogens is 288 g/mol. The summed E-state index contributed by atoms with van der Waals surface area (Å²) < 4.78 is 1.86. The molecule has 114 valence electrons. The zero-order valence-corrected chi connectivity index (χ0v) is 12.9. The fourth-order valence-corrected chi connectivity index (χ4v) is 4.17. The van der Waals surface area contributed by atoms with Gasteiger partial charge in [-0.15, -0.1) is 11.8 Å². The average molecular weight is 308 g/mol. The molecule has 1 aromatic rings. The van der Waals surface area contributed by atoms with Crippen molar-refractivity contribution in [2.75, 3.05) is 24.2 Å². The molecule has 0 radical (unpaired) electrons. The van der Waals surface area contributed by atoms with Gasteiger partial charge in [0.2, 0.25) is 11.8 Å². The van der Waals surface area contributed by atoms with Crippen molar-refractivity contribution in [3.63, 3.8) is 0 Å². The Balaban J connectivity index is 1.59. The van der Waals surface area contributed by atoms with Gasteiger partial charge in [0, 0.05) is 32.3 Å². The smallest absolute Gasteiger partial charge is 0.235 e. The predicted octanol–water partition coefficient (Wildman–Crippen LogP) is 1.51. The second kappa shape index (κ2) is 6.09. The van der Waals surface area contributed by atoms with Crippen molar-refractivity contribution in [3.05, 3.63) is 12.3 Å². The number of carbonyl (C=O) groups excluding carboxylic acids is 2. The van der Waals surface area contributed by atoms with Crippen molar-refractivity contribution in [2.45, 2.75) is 37.5 Å². The lowest BCUT2D eigenvalue weighted by Crippen LogP contribution is -2.35. The number of nitrogens with zero attached hydrogens (tertiary/aromatic N) is 3. The lowest BCUT2D eigenvalue weighted by molar-refractivity contribution is -0.129. The fraction of sp³-hybridized carbons (Fsp3) is 0.643. The molecule has 7 heteroatoms. The monoisotopic (exact) mass is 308 g/mol. The Labute approximate surface area is 128 Å². The average Bonchev–Trinajstić information content (AvgIpc) is 3.18. The van der Waals surface area contributed by atoms with Crippen molar-refractivity contribution < 1.29 is 9.59 Å². The Morgan fingerprint density at radius 3 is 3.00 bits per heavy atom. The number of hydrogen-bond acceptors (Lipinski definition) is 4. The molecule has 2 fully saturated rings. The SMILES string of the molecule is CC(=O)Nc1ccn([C@H]2CCN(C(=O)[C@@H]3CCCS3)C2)n1. The van der Waals surface area contributed by atoms with Crippen molar-refractivity contribution >= 4 is 29.4 Å². The van der Waals surface area contributed by atoms with Gasteiger partial charge < -0.3 is 10.2 Å². The summed E-state index contributed by atoms with van der Waals surface area (Å²) in [6, 6.07) is 2.00. The number of rotatable bonds is 3. The molecule has 3 rings (SSSR count). The van der Waals surface area contributed by atoms with Gasteiger partial charge in [-0.1, -0.05) is 0 Å². The van der Waals surface area contributed by atoms with Gasteiger partial charge in [0.05, 0.1) is 11.3 Å². The third-order valence-corrected chi connectivity index (χ3v) is 5.33. The lowest BCUT2D eigenvalue weighted by Gasteiger charge is -2.20. The molecular formula is C14H20N4O2S. The third kappa shape index (κ3) is 3.23. The lowest BCUT2D eigenvalue weighted by atomic mass is 10.2. The van der Waals surface area contributed by atoms with E-state index in [1.54, 1.807) is 17.8 Å². The number of thioether (sulfide) groups is 1. The second-order valence-electron chi connectivity index (χ2n) is 5.59. The maximum atomic E-state index is 12.4. The summed E-state index contributed by atoms with van der Waals surface area (Å²) in [5, 5.41) is 7.20. The van der Waals surface area contributed by atoms with Crippen molar-refractivity contribution in [1.29, 1.82) is 0 Å². The molecule has 3 heterocycles. The minimum absolute atomic E-state index is 0.123. The van der Waals surface area contributed by atoms with Gasteiger partial charge in [-0.05, 0) is 25.0 Å². The van der Waals surface area contributed by atoms with Crippen LogP contribution in [0.3, 0.4) is 0 Å². The minimum Gasteiger partial charge on any atom is -0.340 e. The van der Waals surface area contributed by atoms with Crippen molar-refractivity contribution in [1.82, 2.24) is 14.7 Å². The molecule has 0 bridgehead atoms. The predicted molar refractivity (Wildman–Crippen MR) is 82.2 cm³/mol. The first-order valence-electron chi connectivity index (χ1n) is 7.36. The van der Waals surface area contributed by atoms with Crippen LogP contribution >= 0.6 is 11.8 Å². The zero-order chi connectivity index (χ0) is 14.8. The Morgan fingerprint density at radius 1 is 1.43 bits per heavy atom. The highest BCUT2D eigenvalue weighted by atomic mass is 32.2. The van der Waals surface area contributed by atoms with Gasteiger partial charge in [-0.3, -0.25) is 14.3 Å². The molecule has 2 aliphatic rings. The second-order valence-corrected chi connectivity index (χ2v) is 6.90. The topological polar surface area (TPSA) is 67.2 Å². The molecule has 0 saturated carbocycles. The molecule has 6 nitrogen and oxygen atoms in total. The van der Waals surface area contributed by atoms with E-state index in [9.17, 15) is 9.59 Å². The number of anilines is 1. The highest BCUT2D eigenvalue weighted by molar-refractivity contribution is 8.00. The van der Waals surface area contributed by atoms with Crippen LogP contribution in [0.1, 0.15) is 32.2 Å². The summed E-state index contributed by atoms with van der Waals surface area (Å²) in [7, 11) is 0. The standard InChI is InChI=1S/C14H20N4O2S/c1-10(19)15-13-5-7-18(16-13)11-4-6-17(9-11)14(20)12-3-2-8-21-12/h5,7,11-12H,2-4,6,8-9H2,1H3,(H,15,16,19)/t11-,12-/m0/s1. The van der Waals surface area contributed by atoms with E-state index in [1.165, 1.54) is 6.92 Å². The Bertz CT molecular complexity index is 539. The highest BCUT2D eigenvalue weighted by Gasteiger charge is 2.33. The molecule has 0 aliphatic carbocycles. The van der Waals surface area contributed by atoms with Crippen LogP contribution in [0.2, 0.25) is 0 Å². The number of nitrogens with one attached hydrogen (secondary N) is 1. The molecule has 0 aromatic carbocycles. The Hall–Kier alpha value is -1.50. The summed E-state index contributed by atoms with van der Waals surface area (Å²) >= 11 is 1.78. The summed E-state index contributed by atoms with van der Waals surface area (Å²) in [4.78, 5) is 25.4. The number of aromatic nitrogens is 2. The van der Waals surface area contributed by atoms with Gasteiger partial charge in [-0.2, -0.15) is 5.10 Å². The van der Waals surface area contributed by atoms with Gasteiger partial charge >= 0.3 is 0 Å². The van der Waals surface area contributed by atoms with E-state index >= 15 is 0 Å². The number of carbonyl (C=O) groups is 2. The van der Waals surface area contributed by atoms with Crippen LogP contribution in [-0.4, -0.2) is 50.6 Å². The largest absolute Gasteiger partial charge is 0.340 e. The summed E-state index contributed by atoms with van der Waals surface area (Å²) in [5.74, 6) is 1.84. The third-order valence-electron chi connectivity index (χ3n) is 3.97. The molecule has 2 atom stereocenters. The van der Waals surface area contributed by atoms with Gasteiger partial charge in [0.25, 0.3) is 0 Å². The van der Waals surface area contributed by atoms with Crippen LogP contribution in [-0.2, 0) is 9.59 Å². The molecule has 0 spiro atoms. The van der Waals surface area contributed by atoms with Gasteiger partial charge in [0.15, 0.2) is 5.82 Å². The van der Waals surface area contributed by atoms with Crippen LogP contribution in [0.25, 0.3) is 0 Å². The quantitative estimate of drug-likeness (QED) is 0.919. The summed E-state index contributed by atoms with van der Waals surface area (Å²) in [6.45, 7) is 2.99. The van der Waals surface area contributed by atoms with E-state index in [-0.39, 0.29) is 23.1 Å². The maximum absolute atomic E-state index is 12.4. The molecule has 2 aliphatic heterocycles. The van der Waals surface area contributed by atoms with E-state index in [1.807, 2.05) is 15.8 Å². The summed E-state index contributed by atoms with van der Waals surface area (Å²) in [5.41, 5.74) is 0.